The quantitative estimate of drug-likeness (QED) is 0.221. The van der Waals surface area contributed by atoms with Gasteiger partial charge in [-0.2, -0.15) is 5.10 Å². The molecule has 0 aromatic heterocycles. The van der Waals surface area contributed by atoms with E-state index in [0.717, 1.165) is 5.56 Å². The van der Waals surface area contributed by atoms with Crippen LogP contribution in [0.1, 0.15) is 38.8 Å². The van der Waals surface area contributed by atoms with Crippen LogP contribution in [0.25, 0.3) is 0 Å². The van der Waals surface area contributed by atoms with Gasteiger partial charge in [0.05, 0.1) is 24.9 Å². The summed E-state index contributed by atoms with van der Waals surface area (Å²) in [5, 5.41) is 6.40. The van der Waals surface area contributed by atoms with Crippen LogP contribution in [0.3, 0.4) is 0 Å². The summed E-state index contributed by atoms with van der Waals surface area (Å²) >= 11 is 0. The molecule has 0 spiro atoms. The highest BCUT2D eigenvalue weighted by Crippen LogP contribution is 2.14. The second-order valence-electron chi connectivity index (χ2n) is 7.26. The molecule has 8 nitrogen and oxygen atoms in total. The minimum absolute atomic E-state index is 0.225. The predicted octanol–water partition coefficient (Wildman–Crippen LogP) is 3.49. The number of ether oxygens (including phenoxy) is 2. The number of hydrogen-bond acceptors (Lipinski definition) is 6. The lowest BCUT2D eigenvalue weighted by atomic mass is 10.1. The lowest BCUT2D eigenvalue weighted by Gasteiger charge is -2.06. The Labute approximate surface area is 197 Å². The van der Waals surface area contributed by atoms with Crippen LogP contribution in [0, 0.1) is 6.92 Å². The summed E-state index contributed by atoms with van der Waals surface area (Å²) in [6.45, 7) is 4.13. The Bertz CT molecular complexity index is 1150. The third-order valence-electron chi connectivity index (χ3n) is 4.62. The van der Waals surface area contributed by atoms with E-state index in [4.69, 9.17) is 9.47 Å². The molecule has 0 unspecified atom stereocenters. The van der Waals surface area contributed by atoms with Gasteiger partial charge in [-0.1, -0.05) is 17.7 Å². The summed E-state index contributed by atoms with van der Waals surface area (Å²) in [5.74, 6) is -0.231. The average Bonchev–Trinajstić information content (AvgIpc) is 2.84. The van der Waals surface area contributed by atoms with Gasteiger partial charge < -0.3 is 14.8 Å². The Balaban J connectivity index is 1.42. The van der Waals surface area contributed by atoms with Crippen LogP contribution in [-0.2, 0) is 4.79 Å². The molecule has 0 aliphatic rings. The summed E-state index contributed by atoms with van der Waals surface area (Å²) < 4.78 is 10.7. The maximum atomic E-state index is 12.2. The number of hydrazone groups is 1. The molecule has 3 rings (SSSR count). The summed E-state index contributed by atoms with van der Waals surface area (Å²) in [4.78, 5) is 36.2. The highest BCUT2D eigenvalue weighted by molar-refractivity contribution is 5.96. The first-order chi connectivity index (χ1) is 16.4. The van der Waals surface area contributed by atoms with E-state index in [1.165, 1.54) is 6.21 Å². The highest BCUT2D eigenvalue weighted by atomic mass is 16.5. The van der Waals surface area contributed by atoms with E-state index in [2.05, 4.69) is 15.8 Å². The van der Waals surface area contributed by atoms with Crippen LogP contribution in [0.15, 0.2) is 77.9 Å². The molecule has 2 amide bonds. The number of carbonyl (C=O) groups excluding carboxylic acids is 3. The molecule has 0 aliphatic heterocycles. The van der Waals surface area contributed by atoms with E-state index < -0.39 is 11.9 Å². The van der Waals surface area contributed by atoms with Crippen LogP contribution < -0.4 is 20.2 Å². The Morgan fingerprint density at radius 1 is 0.853 bits per heavy atom. The molecule has 3 aromatic carbocycles. The first-order valence-corrected chi connectivity index (χ1v) is 10.7. The zero-order valence-corrected chi connectivity index (χ0v) is 18.9. The lowest BCUT2D eigenvalue weighted by Crippen LogP contribution is -2.34. The minimum Gasteiger partial charge on any atom is -0.494 e. The lowest BCUT2D eigenvalue weighted by molar-refractivity contribution is -0.120. The molecule has 0 heterocycles. The minimum atomic E-state index is -0.473. The molecule has 3 aromatic rings. The fourth-order valence-corrected chi connectivity index (χ4v) is 2.83. The third kappa shape index (κ3) is 7.30. The predicted molar refractivity (Wildman–Crippen MR) is 128 cm³/mol. The maximum absolute atomic E-state index is 12.2. The van der Waals surface area contributed by atoms with Gasteiger partial charge in [0, 0.05) is 5.56 Å². The molecule has 0 aliphatic carbocycles. The summed E-state index contributed by atoms with van der Waals surface area (Å²) in [7, 11) is 0. The number of nitrogens with one attached hydrogen (secondary N) is 2. The van der Waals surface area contributed by atoms with E-state index in [-0.39, 0.29) is 12.5 Å². The summed E-state index contributed by atoms with van der Waals surface area (Å²) in [6.07, 6.45) is 1.44. The number of amides is 2. The number of aryl methyl sites for hydroxylation is 1. The normalized spacial score (nSPS) is 10.5. The smallest absolute Gasteiger partial charge is 0.343 e. The van der Waals surface area contributed by atoms with E-state index in [9.17, 15) is 14.4 Å². The van der Waals surface area contributed by atoms with Crippen molar-refractivity contribution in [1.82, 2.24) is 10.7 Å². The number of hydrogen-bond donors (Lipinski definition) is 2. The highest BCUT2D eigenvalue weighted by Gasteiger charge is 2.09. The topological polar surface area (TPSA) is 106 Å². The van der Waals surface area contributed by atoms with E-state index in [1.54, 1.807) is 60.7 Å². The van der Waals surface area contributed by atoms with Gasteiger partial charge in [-0.3, -0.25) is 9.59 Å². The van der Waals surface area contributed by atoms with Crippen molar-refractivity contribution in [2.24, 2.45) is 5.10 Å². The summed E-state index contributed by atoms with van der Waals surface area (Å²) in [5.41, 5.74) is 4.98. The largest absolute Gasteiger partial charge is 0.494 e. The Kier molecular flexibility index (Phi) is 8.51. The second kappa shape index (κ2) is 12.0. The Hall–Kier alpha value is -4.46. The SMILES string of the molecule is CCOc1ccc(C(=O)NCC(=O)N/N=C\c2ccc(OC(=O)c3ccc(C)cc3)cc2)cc1. The zero-order chi connectivity index (χ0) is 24.3. The fourth-order valence-electron chi connectivity index (χ4n) is 2.83. The standard InChI is InChI=1S/C26H25N3O5/c1-3-33-22-14-10-20(11-15-22)25(31)27-17-24(30)29-28-16-19-6-12-23(13-7-19)34-26(32)21-8-4-18(2)5-9-21/h4-16H,3,17H2,1-2H3,(H,27,31)(H,29,30)/b28-16-. The Morgan fingerprint density at radius 3 is 2.12 bits per heavy atom. The molecule has 0 fully saturated rings. The molecule has 8 heteroatoms. The van der Waals surface area contributed by atoms with Gasteiger partial charge in [-0.25, -0.2) is 10.2 Å². The van der Waals surface area contributed by atoms with Crippen molar-refractivity contribution in [2.45, 2.75) is 13.8 Å². The van der Waals surface area contributed by atoms with Crippen LogP contribution in [0.4, 0.5) is 0 Å². The van der Waals surface area contributed by atoms with Crippen LogP contribution in [0.5, 0.6) is 11.5 Å². The van der Waals surface area contributed by atoms with Gasteiger partial charge in [-0.15, -0.1) is 0 Å². The van der Waals surface area contributed by atoms with Crippen molar-refractivity contribution in [3.05, 3.63) is 95.1 Å². The van der Waals surface area contributed by atoms with Crippen LogP contribution in [0.2, 0.25) is 0 Å². The molecule has 0 saturated carbocycles. The van der Waals surface area contributed by atoms with Gasteiger partial charge in [0.25, 0.3) is 11.8 Å². The third-order valence-corrected chi connectivity index (χ3v) is 4.62. The van der Waals surface area contributed by atoms with E-state index in [1.807, 2.05) is 26.0 Å². The van der Waals surface area contributed by atoms with Gasteiger partial charge in [0.1, 0.15) is 11.5 Å². The van der Waals surface area contributed by atoms with Crippen LogP contribution in [-0.4, -0.2) is 37.1 Å². The molecule has 174 valence electrons. The molecule has 0 atom stereocenters. The van der Waals surface area contributed by atoms with Crippen molar-refractivity contribution in [3.8, 4) is 11.5 Å². The molecular formula is C26H25N3O5. The monoisotopic (exact) mass is 459 g/mol. The van der Waals surface area contributed by atoms with E-state index in [0.29, 0.717) is 34.8 Å². The Morgan fingerprint density at radius 2 is 1.47 bits per heavy atom. The van der Waals surface area contributed by atoms with Crippen molar-refractivity contribution in [2.75, 3.05) is 13.2 Å². The van der Waals surface area contributed by atoms with Gasteiger partial charge >= 0.3 is 5.97 Å². The molecule has 0 radical (unpaired) electrons. The number of rotatable bonds is 9. The molecular weight excluding hydrogens is 434 g/mol. The van der Waals surface area contributed by atoms with Crippen LogP contribution >= 0.6 is 0 Å². The van der Waals surface area contributed by atoms with Crippen molar-refractivity contribution in [3.63, 3.8) is 0 Å². The maximum Gasteiger partial charge on any atom is 0.343 e. The summed E-state index contributed by atoms with van der Waals surface area (Å²) in [6, 6.07) is 20.4. The number of benzene rings is 3. The van der Waals surface area contributed by atoms with Crippen molar-refractivity contribution in [1.29, 1.82) is 0 Å². The average molecular weight is 460 g/mol. The first kappa shape index (κ1) is 24.2. The molecule has 2 N–H and O–H groups in total. The number of nitrogens with zero attached hydrogens (tertiary/aromatic N) is 1. The molecule has 0 bridgehead atoms. The van der Waals surface area contributed by atoms with Gasteiger partial charge in [-0.05, 0) is 80.1 Å². The fraction of sp³-hybridized carbons (Fsp3) is 0.154. The zero-order valence-electron chi connectivity index (χ0n) is 18.9. The second-order valence-corrected chi connectivity index (χ2v) is 7.26. The number of carbonyl (C=O) groups is 3. The number of esters is 1. The van der Waals surface area contributed by atoms with E-state index >= 15 is 0 Å². The molecule has 0 saturated heterocycles. The molecule has 34 heavy (non-hydrogen) atoms. The first-order valence-electron chi connectivity index (χ1n) is 10.7. The van der Waals surface area contributed by atoms with Crippen molar-refractivity contribution < 1.29 is 23.9 Å². The van der Waals surface area contributed by atoms with Crippen molar-refractivity contribution >= 4 is 24.0 Å². The van der Waals surface area contributed by atoms with Gasteiger partial charge in [0.15, 0.2) is 0 Å². The van der Waals surface area contributed by atoms with Gasteiger partial charge in [0.2, 0.25) is 0 Å².